The molecule has 0 radical (unpaired) electrons. The Hall–Kier alpha value is -0.300. The van der Waals surface area contributed by atoms with Gasteiger partial charge in [-0.2, -0.15) is 13.5 Å². The number of hydrogen-bond donors (Lipinski definition) is 1. The zero-order chi connectivity index (χ0) is 11.1. The van der Waals surface area contributed by atoms with Crippen molar-refractivity contribution >= 4 is 34.1 Å². The van der Waals surface area contributed by atoms with Crippen LogP contribution in [0.3, 0.4) is 0 Å². The molecular formula is C7H12Cl2N2O3S. The van der Waals surface area contributed by atoms with Crippen molar-refractivity contribution < 1.29 is 13.0 Å². The molecule has 0 aliphatic rings. The van der Waals surface area contributed by atoms with Gasteiger partial charge in [0.2, 0.25) is 0 Å². The minimum atomic E-state index is -4.30. The van der Waals surface area contributed by atoms with Crippen molar-refractivity contribution in [2.45, 2.75) is 24.7 Å². The molecule has 0 bridgehead atoms. The SMILES string of the molecule is CC(C)c1nn(C)c(Cl)c1S(=O)(=O)O.Cl. The lowest BCUT2D eigenvalue weighted by molar-refractivity contribution is 0.481. The van der Waals surface area contributed by atoms with Crippen molar-refractivity contribution in [2.24, 2.45) is 7.05 Å². The summed E-state index contributed by atoms with van der Waals surface area (Å²) in [6, 6.07) is 0. The van der Waals surface area contributed by atoms with E-state index in [1.165, 1.54) is 11.7 Å². The van der Waals surface area contributed by atoms with E-state index >= 15 is 0 Å². The predicted molar refractivity (Wildman–Crippen MR) is 59.4 cm³/mol. The van der Waals surface area contributed by atoms with Crippen LogP contribution in [0.2, 0.25) is 5.15 Å². The van der Waals surface area contributed by atoms with Crippen LogP contribution in [0, 0.1) is 0 Å². The second kappa shape index (κ2) is 4.69. The van der Waals surface area contributed by atoms with Gasteiger partial charge in [0.15, 0.2) is 4.90 Å². The first kappa shape index (κ1) is 14.7. The van der Waals surface area contributed by atoms with Crippen LogP contribution < -0.4 is 0 Å². The summed E-state index contributed by atoms with van der Waals surface area (Å²) in [5.74, 6) is -0.120. The molecular weight excluding hydrogens is 263 g/mol. The molecule has 0 saturated heterocycles. The summed E-state index contributed by atoms with van der Waals surface area (Å²) in [7, 11) is -2.79. The molecule has 0 fully saturated rings. The van der Waals surface area contributed by atoms with E-state index < -0.39 is 10.1 Å². The lowest BCUT2D eigenvalue weighted by atomic mass is 10.1. The molecule has 0 spiro atoms. The Balaban J connectivity index is 0.00000196. The Bertz CT molecular complexity index is 453. The van der Waals surface area contributed by atoms with Gasteiger partial charge in [-0.25, -0.2) is 0 Å². The van der Waals surface area contributed by atoms with E-state index in [1.807, 2.05) is 0 Å². The Kier molecular flexibility index (Phi) is 4.60. The van der Waals surface area contributed by atoms with Crippen molar-refractivity contribution in [1.29, 1.82) is 0 Å². The summed E-state index contributed by atoms with van der Waals surface area (Å²) in [5.41, 5.74) is 0.278. The second-order valence-corrected chi connectivity index (χ2v) is 4.97. The van der Waals surface area contributed by atoms with Crippen molar-refractivity contribution in [3.05, 3.63) is 10.8 Å². The third-order valence-corrected chi connectivity index (χ3v) is 3.23. The topological polar surface area (TPSA) is 72.2 Å². The van der Waals surface area contributed by atoms with E-state index in [0.717, 1.165) is 0 Å². The molecule has 1 aromatic heterocycles. The number of aromatic nitrogens is 2. The molecule has 0 aliphatic heterocycles. The van der Waals surface area contributed by atoms with Crippen LogP contribution in [-0.2, 0) is 17.2 Å². The molecule has 0 atom stereocenters. The maximum Gasteiger partial charge on any atom is 0.299 e. The first-order valence-electron chi connectivity index (χ1n) is 3.95. The van der Waals surface area contributed by atoms with Crippen LogP contribution in [0.5, 0.6) is 0 Å². The van der Waals surface area contributed by atoms with Gasteiger partial charge in [-0.3, -0.25) is 9.23 Å². The average molecular weight is 275 g/mol. The Labute approximate surface area is 99.6 Å². The van der Waals surface area contributed by atoms with Crippen molar-refractivity contribution in [2.75, 3.05) is 0 Å². The molecule has 1 rings (SSSR count). The van der Waals surface area contributed by atoms with Gasteiger partial charge in [0.25, 0.3) is 10.1 Å². The lowest BCUT2D eigenvalue weighted by Gasteiger charge is -2.01. The van der Waals surface area contributed by atoms with E-state index in [4.69, 9.17) is 16.2 Å². The van der Waals surface area contributed by atoms with Gasteiger partial charge in [-0.1, -0.05) is 25.4 Å². The van der Waals surface area contributed by atoms with Gasteiger partial charge in [0.1, 0.15) is 5.15 Å². The van der Waals surface area contributed by atoms with Crippen LogP contribution >= 0.6 is 24.0 Å². The molecule has 0 amide bonds. The smallest absolute Gasteiger partial charge is 0.282 e. The highest BCUT2D eigenvalue weighted by molar-refractivity contribution is 7.86. The predicted octanol–water partition coefficient (Wildman–Crippen LogP) is 1.87. The largest absolute Gasteiger partial charge is 0.299 e. The van der Waals surface area contributed by atoms with E-state index in [0.29, 0.717) is 0 Å². The fourth-order valence-corrected chi connectivity index (χ4v) is 2.43. The first-order chi connectivity index (χ1) is 6.25. The van der Waals surface area contributed by atoms with Crippen LogP contribution in [0.1, 0.15) is 25.5 Å². The monoisotopic (exact) mass is 274 g/mol. The van der Waals surface area contributed by atoms with E-state index in [9.17, 15) is 8.42 Å². The van der Waals surface area contributed by atoms with Crippen LogP contribution in [-0.4, -0.2) is 22.8 Å². The minimum Gasteiger partial charge on any atom is -0.282 e. The third kappa shape index (κ3) is 2.84. The Morgan fingerprint density at radius 1 is 1.47 bits per heavy atom. The molecule has 0 aromatic carbocycles. The molecule has 88 valence electrons. The number of halogens is 2. The maximum atomic E-state index is 11.0. The standard InChI is InChI=1S/C7H11ClN2O3S.ClH/c1-4(2)5-6(14(11,12)13)7(8)10(3)9-5;/h4H,1-3H3,(H,11,12,13);1H. The van der Waals surface area contributed by atoms with E-state index in [2.05, 4.69) is 5.10 Å². The Morgan fingerprint density at radius 2 is 1.93 bits per heavy atom. The Morgan fingerprint density at radius 3 is 2.20 bits per heavy atom. The summed E-state index contributed by atoms with van der Waals surface area (Å²) in [6.07, 6.45) is 0. The van der Waals surface area contributed by atoms with E-state index in [1.54, 1.807) is 13.8 Å². The summed E-state index contributed by atoms with van der Waals surface area (Å²) in [5, 5.41) is 3.85. The quantitative estimate of drug-likeness (QED) is 0.836. The molecule has 0 aliphatic carbocycles. The molecule has 0 saturated carbocycles. The number of rotatable bonds is 2. The summed E-state index contributed by atoms with van der Waals surface area (Å²) < 4.78 is 32.2. The number of aryl methyl sites for hydroxylation is 1. The summed E-state index contributed by atoms with van der Waals surface area (Å²) in [6.45, 7) is 3.54. The van der Waals surface area contributed by atoms with Gasteiger partial charge in [-0.15, -0.1) is 12.4 Å². The van der Waals surface area contributed by atoms with Crippen LogP contribution in [0.25, 0.3) is 0 Å². The van der Waals surface area contributed by atoms with Crippen molar-refractivity contribution in [1.82, 2.24) is 9.78 Å². The number of nitrogens with zero attached hydrogens (tertiary/aromatic N) is 2. The average Bonchev–Trinajstić information content (AvgIpc) is 2.27. The maximum absolute atomic E-state index is 11.0. The van der Waals surface area contributed by atoms with Gasteiger partial charge >= 0.3 is 0 Å². The lowest BCUT2D eigenvalue weighted by Crippen LogP contribution is -2.03. The molecule has 0 unspecified atom stereocenters. The van der Waals surface area contributed by atoms with E-state index in [-0.39, 0.29) is 34.1 Å². The third-order valence-electron chi connectivity index (χ3n) is 1.77. The summed E-state index contributed by atoms with van der Waals surface area (Å²) >= 11 is 5.70. The first-order valence-corrected chi connectivity index (χ1v) is 5.76. The van der Waals surface area contributed by atoms with Crippen molar-refractivity contribution in [3.63, 3.8) is 0 Å². The van der Waals surface area contributed by atoms with Crippen LogP contribution in [0.15, 0.2) is 4.90 Å². The van der Waals surface area contributed by atoms with Crippen molar-refractivity contribution in [3.8, 4) is 0 Å². The zero-order valence-corrected chi connectivity index (χ0v) is 10.8. The summed E-state index contributed by atoms with van der Waals surface area (Å²) in [4.78, 5) is -0.295. The molecule has 1 heterocycles. The molecule has 5 nitrogen and oxygen atoms in total. The fraction of sp³-hybridized carbons (Fsp3) is 0.571. The molecule has 8 heteroatoms. The second-order valence-electron chi connectivity index (χ2n) is 3.26. The highest BCUT2D eigenvalue weighted by Gasteiger charge is 2.26. The van der Waals surface area contributed by atoms with Gasteiger partial charge < -0.3 is 0 Å². The van der Waals surface area contributed by atoms with Crippen LogP contribution in [0.4, 0.5) is 0 Å². The van der Waals surface area contributed by atoms with Gasteiger partial charge in [-0.05, 0) is 5.92 Å². The number of hydrogen-bond acceptors (Lipinski definition) is 3. The molecule has 1 aromatic rings. The van der Waals surface area contributed by atoms with Gasteiger partial charge in [0.05, 0.1) is 5.69 Å². The zero-order valence-electron chi connectivity index (χ0n) is 8.43. The highest BCUT2D eigenvalue weighted by atomic mass is 35.5. The van der Waals surface area contributed by atoms with Gasteiger partial charge in [0, 0.05) is 7.05 Å². The fourth-order valence-electron chi connectivity index (χ4n) is 1.12. The highest BCUT2D eigenvalue weighted by Crippen LogP contribution is 2.28. The molecule has 1 N–H and O–H groups in total. The minimum absolute atomic E-state index is 0. The molecule has 15 heavy (non-hydrogen) atoms. The normalized spacial score (nSPS) is 11.6.